The highest BCUT2D eigenvalue weighted by Gasteiger charge is 2.33. The van der Waals surface area contributed by atoms with Crippen molar-refractivity contribution < 1.29 is 13.2 Å². The summed E-state index contributed by atoms with van der Waals surface area (Å²) in [7, 11) is -1.95. The van der Waals surface area contributed by atoms with Gasteiger partial charge in [0.2, 0.25) is 10.0 Å². The molecular weight excluding hydrogens is 276 g/mol. The summed E-state index contributed by atoms with van der Waals surface area (Å²) in [4.78, 5) is 0.238. The molecule has 5 nitrogen and oxygen atoms in total. The van der Waals surface area contributed by atoms with Gasteiger partial charge < -0.3 is 10.5 Å². The molecule has 1 saturated carbocycles. The maximum atomic E-state index is 12.3. The number of hydrogen-bond donors (Lipinski definition) is 2. The Morgan fingerprint density at radius 2 is 2.10 bits per heavy atom. The van der Waals surface area contributed by atoms with Crippen LogP contribution in [0, 0.1) is 5.41 Å². The van der Waals surface area contributed by atoms with E-state index < -0.39 is 10.0 Å². The lowest BCUT2D eigenvalue weighted by molar-refractivity contribution is 0.166. The predicted octanol–water partition coefficient (Wildman–Crippen LogP) is 1.62. The van der Waals surface area contributed by atoms with E-state index in [1.165, 1.54) is 6.42 Å². The summed E-state index contributed by atoms with van der Waals surface area (Å²) in [6, 6.07) is 4.76. The van der Waals surface area contributed by atoms with Gasteiger partial charge in [0.1, 0.15) is 5.75 Å². The smallest absolute Gasteiger partial charge is 0.240 e. The van der Waals surface area contributed by atoms with Crippen molar-refractivity contribution in [3.8, 4) is 5.75 Å². The Bertz CT molecular complexity index is 580. The molecule has 1 aliphatic rings. The number of ether oxygens (including phenoxy) is 1. The quantitative estimate of drug-likeness (QED) is 0.836. The van der Waals surface area contributed by atoms with E-state index in [2.05, 4.69) is 11.6 Å². The summed E-state index contributed by atoms with van der Waals surface area (Å²) < 4.78 is 32.4. The van der Waals surface area contributed by atoms with Crippen molar-refractivity contribution in [1.82, 2.24) is 4.72 Å². The van der Waals surface area contributed by atoms with Crippen molar-refractivity contribution in [1.29, 1.82) is 0 Å². The average molecular weight is 298 g/mol. The van der Waals surface area contributed by atoms with Crippen LogP contribution in [-0.4, -0.2) is 22.1 Å². The summed E-state index contributed by atoms with van der Waals surface area (Å²) in [5, 5.41) is 0. The molecule has 0 amide bonds. The third-order valence-corrected chi connectivity index (χ3v) is 5.43. The molecule has 1 aliphatic carbocycles. The predicted molar refractivity (Wildman–Crippen MR) is 78.0 cm³/mol. The Balaban J connectivity index is 2.16. The second-order valence-corrected chi connectivity index (χ2v) is 7.43. The molecule has 0 spiro atoms. The summed E-state index contributed by atoms with van der Waals surface area (Å²) in [6.45, 7) is 2.84. The van der Waals surface area contributed by atoms with Gasteiger partial charge in [-0.05, 0) is 36.5 Å². The minimum Gasteiger partial charge on any atom is -0.496 e. The topological polar surface area (TPSA) is 81.4 Å². The molecule has 0 radical (unpaired) electrons. The Kier molecular flexibility index (Phi) is 4.36. The first-order valence-electron chi connectivity index (χ1n) is 6.77. The van der Waals surface area contributed by atoms with Crippen LogP contribution in [0.4, 0.5) is 0 Å². The average Bonchev–Trinajstić information content (AvgIpc) is 2.42. The maximum Gasteiger partial charge on any atom is 0.240 e. The number of benzene rings is 1. The van der Waals surface area contributed by atoms with E-state index in [0.29, 0.717) is 17.9 Å². The van der Waals surface area contributed by atoms with Gasteiger partial charge in [-0.2, -0.15) is 0 Å². The number of methoxy groups -OCH3 is 1. The molecule has 1 aromatic rings. The van der Waals surface area contributed by atoms with Crippen molar-refractivity contribution >= 4 is 10.0 Å². The molecule has 2 rings (SSSR count). The van der Waals surface area contributed by atoms with Gasteiger partial charge >= 0.3 is 0 Å². The molecule has 0 unspecified atom stereocenters. The first kappa shape index (κ1) is 15.3. The van der Waals surface area contributed by atoms with Gasteiger partial charge in [0.25, 0.3) is 0 Å². The third kappa shape index (κ3) is 3.13. The van der Waals surface area contributed by atoms with E-state index in [4.69, 9.17) is 10.5 Å². The summed E-state index contributed by atoms with van der Waals surface area (Å²) in [5.74, 6) is 0.609. The van der Waals surface area contributed by atoms with Crippen molar-refractivity contribution in [2.75, 3.05) is 13.7 Å². The van der Waals surface area contributed by atoms with Gasteiger partial charge in [-0.15, -0.1) is 0 Å². The van der Waals surface area contributed by atoms with Crippen molar-refractivity contribution in [2.24, 2.45) is 11.1 Å². The van der Waals surface area contributed by atoms with Crippen molar-refractivity contribution in [3.05, 3.63) is 23.8 Å². The Morgan fingerprint density at radius 3 is 2.60 bits per heavy atom. The van der Waals surface area contributed by atoms with E-state index in [1.807, 2.05) is 0 Å². The third-order valence-electron chi connectivity index (χ3n) is 4.03. The molecule has 20 heavy (non-hydrogen) atoms. The zero-order chi connectivity index (χ0) is 14.8. The van der Waals surface area contributed by atoms with Crippen molar-refractivity contribution in [2.45, 2.75) is 37.6 Å². The first-order valence-corrected chi connectivity index (χ1v) is 8.25. The van der Waals surface area contributed by atoms with E-state index >= 15 is 0 Å². The second kappa shape index (κ2) is 5.71. The van der Waals surface area contributed by atoms with E-state index in [-0.39, 0.29) is 16.9 Å². The SMILES string of the molecule is COc1ccc(S(=O)(=O)NCC2(C)CCC2)cc1CN. The van der Waals surface area contributed by atoms with Gasteiger partial charge in [-0.1, -0.05) is 13.3 Å². The fourth-order valence-corrected chi connectivity index (χ4v) is 3.64. The molecule has 0 saturated heterocycles. The number of sulfonamides is 1. The normalized spacial score (nSPS) is 17.6. The summed E-state index contributed by atoms with van der Waals surface area (Å²) in [5.41, 5.74) is 6.41. The number of rotatable bonds is 6. The second-order valence-electron chi connectivity index (χ2n) is 5.67. The highest BCUT2D eigenvalue weighted by Crippen LogP contribution is 2.39. The fraction of sp³-hybridized carbons (Fsp3) is 0.571. The molecule has 112 valence electrons. The Morgan fingerprint density at radius 1 is 1.40 bits per heavy atom. The lowest BCUT2D eigenvalue weighted by Crippen LogP contribution is -2.39. The molecular formula is C14H22N2O3S. The molecule has 3 N–H and O–H groups in total. The van der Waals surface area contributed by atoms with Crippen LogP contribution in [0.5, 0.6) is 5.75 Å². The van der Waals surface area contributed by atoms with Crippen LogP contribution < -0.4 is 15.2 Å². The van der Waals surface area contributed by atoms with Gasteiger partial charge in [0, 0.05) is 18.7 Å². The highest BCUT2D eigenvalue weighted by molar-refractivity contribution is 7.89. The lowest BCUT2D eigenvalue weighted by Gasteiger charge is -2.38. The summed E-state index contributed by atoms with van der Waals surface area (Å²) in [6.07, 6.45) is 3.33. The standard InChI is InChI=1S/C14H22N2O3S/c1-14(6-3-7-14)10-16-20(17,18)12-4-5-13(19-2)11(8-12)9-15/h4-5,8,16H,3,6-7,9-10,15H2,1-2H3. The lowest BCUT2D eigenvalue weighted by atomic mass is 9.71. The molecule has 1 aromatic carbocycles. The molecule has 0 aliphatic heterocycles. The van der Waals surface area contributed by atoms with Gasteiger partial charge in [0.05, 0.1) is 12.0 Å². The Labute approximate surface area is 120 Å². The maximum absolute atomic E-state index is 12.3. The van der Waals surface area contributed by atoms with Crippen LogP contribution in [0.2, 0.25) is 0 Å². The van der Waals surface area contributed by atoms with Crippen molar-refractivity contribution in [3.63, 3.8) is 0 Å². The minimum absolute atomic E-state index is 0.107. The molecule has 6 heteroatoms. The van der Waals surface area contributed by atoms with Crippen LogP contribution in [0.3, 0.4) is 0 Å². The van der Waals surface area contributed by atoms with Crippen LogP contribution in [0.1, 0.15) is 31.7 Å². The van der Waals surface area contributed by atoms with Crippen LogP contribution in [-0.2, 0) is 16.6 Å². The van der Waals surface area contributed by atoms with Gasteiger partial charge in [0.15, 0.2) is 0 Å². The molecule has 0 heterocycles. The van der Waals surface area contributed by atoms with Crippen LogP contribution in [0.25, 0.3) is 0 Å². The monoisotopic (exact) mass is 298 g/mol. The zero-order valence-corrected chi connectivity index (χ0v) is 12.8. The largest absolute Gasteiger partial charge is 0.496 e. The fourth-order valence-electron chi connectivity index (χ4n) is 2.39. The first-order chi connectivity index (χ1) is 9.40. The molecule has 0 bridgehead atoms. The number of hydrogen-bond acceptors (Lipinski definition) is 4. The van der Waals surface area contributed by atoms with E-state index in [0.717, 1.165) is 12.8 Å². The van der Waals surface area contributed by atoms with Gasteiger partial charge in [-0.3, -0.25) is 0 Å². The molecule has 1 fully saturated rings. The van der Waals surface area contributed by atoms with E-state index in [1.54, 1.807) is 25.3 Å². The number of nitrogens with two attached hydrogens (primary N) is 1. The zero-order valence-electron chi connectivity index (χ0n) is 12.0. The molecule has 0 aromatic heterocycles. The van der Waals surface area contributed by atoms with Gasteiger partial charge in [-0.25, -0.2) is 13.1 Å². The molecule has 0 atom stereocenters. The van der Waals surface area contributed by atoms with Crippen LogP contribution in [0.15, 0.2) is 23.1 Å². The van der Waals surface area contributed by atoms with Crippen LogP contribution >= 0.6 is 0 Å². The highest BCUT2D eigenvalue weighted by atomic mass is 32.2. The minimum atomic E-state index is -3.49. The Hall–Kier alpha value is -1.11. The summed E-state index contributed by atoms with van der Waals surface area (Å²) >= 11 is 0. The number of nitrogens with one attached hydrogen (secondary N) is 1. The van der Waals surface area contributed by atoms with E-state index in [9.17, 15) is 8.42 Å².